The van der Waals surface area contributed by atoms with E-state index in [1.807, 2.05) is 30.3 Å². The molecule has 0 amide bonds. The van der Waals surface area contributed by atoms with Crippen molar-refractivity contribution < 1.29 is 13.9 Å². The zero-order valence-corrected chi connectivity index (χ0v) is 11.0. The molecular formula is C16H16FNO2. The molecule has 2 aromatic carbocycles. The Bertz CT molecular complexity index is 572. The molecule has 0 saturated heterocycles. The van der Waals surface area contributed by atoms with Gasteiger partial charge in [0.2, 0.25) is 0 Å². The largest absolute Gasteiger partial charge is 0.460 e. The van der Waals surface area contributed by atoms with Gasteiger partial charge < -0.3 is 10.5 Å². The fourth-order valence-corrected chi connectivity index (χ4v) is 1.92. The lowest BCUT2D eigenvalue weighted by atomic mass is 10.00. The van der Waals surface area contributed by atoms with Crippen LogP contribution >= 0.6 is 0 Å². The van der Waals surface area contributed by atoms with Crippen molar-refractivity contribution in [3.05, 3.63) is 71.5 Å². The van der Waals surface area contributed by atoms with E-state index in [9.17, 15) is 9.18 Å². The molecule has 0 saturated carbocycles. The van der Waals surface area contributed by atoms with E-state index in [1.165, 1.54) is 6.07 Å². The van der Waals surface area contributed by atoms with Gasteiger partial charge in [0.15, 0.2) is 0 Å². The predicted molar refractivity (Wildman–Crippen MR) is 74.4 cm³/mol. The molecule has 0 spiro atoms. The van der Waals surface area contributed by atoms with Crippen molar-refractivity contribution in [2.75, 3.05) is 6.54 Å². The Kier molecular flexibility index (Phi) is 4.85. The number of carbonyl (C=O) groups excluding carboxylic acids is 1. The molecule has 2 aromatic rings. The number of ether oxygens (including phenoxy) is 1. The van der Waals surface area contributed by atoms with Gasteiger partial charge in [-0.05, 0) is 11.6 Å². The predicted octanol–water partition coefficient (Wildman–Crippen LogP) is 2.61. The molecule has 0 radical (unpaired) electrons. The van der Waals surface area contributed by atoms with Gasteiger partial charge in [-0.3, -0.25) is 4.79 Å². The molecule has 2 N–H and O–H groups in total. The highest BCUT2D eigenvalue weighted by molar-refractivity contribution is 5.78. The monoisotopic (exact) mass is 273 g/mol. The van der Waals surface area contributed by atoms with Crippen molar-refractivity contribution in [3.8, 4) is 0 Å². The topological polar surface area (TPSA) is 52.3 Å². The van der Waals surface area contributed by atoms with Crippen LogP contribution in [-0.4, -0.2) is 12.5 Å². The van der Waals surface area contributed by atoms with Gasteiger partial charge >= 0.3 is 5.97 Å². The molecule has 1 unspecified atom stereocenters. The molecule has 4 heteroatoms. The van der Waals surface area contributed by atoms with E-state index in [1.54, 1.807) is 18.2 Å². The highest BCUT2D eigenvalue weighted by atomic mass is 19.1. The normalized spacial score (nSPS) is 11.9. The lowest BCUT2D eigenvalue weighted by molar-refractivity contribution is -0.146. The first-order chi connectivity index (χ1) is 9.72. The van der Waals surface area contributed by atoms with Crippen LogP contribution in [0.2, 0.25) is 0 Å². The Labute approximate surface area is 117 Å². The van der Waals surface area contributed by atoms with Gasteiger partial charge in [0, 0.05) is 12.1 Å². The number of benzene rings is 2. The summed E-state index contributed by atoms with van der Waals surface area (Å²) < 4.78 is 18.6. The van der Waals surface area contributed by atoms with Crippen molar-refractivity contribution in [2.45, 2.75) is 12.5 Å². The first kappa shape index (κ1) is 14.2. The second kappa shape index (κ2) is 6.82. The average molecular weight is 273 g/mol. The van der Waals surface area contributed by atoms with E-state index in [0.717, 1.165) is 5.56 Å². The lowest BCUT2D eigenvalue weighted by Gasteiger charge is -2.14. The number of hydrogen-bond acceptors (Lipinski definition) is 3. The fourth-order valence-electron chi connectivity index (χ4n) is 1.92. The maximum Gasteiger partial charge on any atom is 0.315 e. The van der Waals surface area contributed by atoms with E-state index in [4.69, 9.17) is 10.5 Å². The van der Waals surface area contributed by atoms with Gasteiger partial charge in [-0.1, -0.05) is 48.5 Å². The van der Waals surface area contributed by atoms with Crippen molar-refractivity contribution >= 4 is 5.97 Å². The Balaban J connectivity index is 2.02. The molecule has 104 valence electrons. The van der Waals surface area contributed by atoms with Crippen LogP contribution in [0.15, 0.2) is 54.6 Å². The molecule has 0 aromatic heterocycles. The van der Waals surface area contributed by atoms with Crippen LogP contribution in [0.4, 0.5) is 4.39 Å². The summed E-state index contributed by atoms with van der Waals surface area (Å²) in [7, 11) is 0. The van der Waals surface area contributed by atoms with E-state index in [0.29, 0.717) is 5.56 Å². The van der Waals surface area contributed by atoms with Crippen molar-refractivity contribution in [1.29, 1.82) is 0 Å². The molecule has 2 rings (SSSR count). The summed E-state index contributed by atoms with van der Waals surface area (Å²) >= 11 is 0. The van der Waals surface area contributed by atoms with Crippen LogP contribution in [-0.2, 0) is 16.1 Å². The molecule has 0 bridgehead atoms. The Morgan fingerprint density at radius 3 is 2.40 bits per heavy atom. The van der Waals surface area contributed by atoms with Gasteiger partial charge in [-0.25, -0.2) is 4.39 Å². The van der Waals surface area contributed by atoms with E-state index < -0.39 is 11.9 Å². The number of rotatable bonds is 5. The smallest absolute Gasteiger partial charge is 0.315 e. The molecule has 0 aliphatic heterocycles. The molecule has 0 heterocycles. The third-order valence-electron chi connectivity index (χ3n) is 3.05. The average Bonchev–Trinajstić information content (AvgIpc) is 2.48. The maximum absolute atomic E-state index is 13.4. The second-order valence-electron chi connectivity index (χ2n) is 4.40. The van der Waals surface area contributed by atoms with Crippen LogP contribution in [0.3, 0.4) is 0 Å². The molecule has 0 aliphatic carbocycles. The van der Waals surface area contributed by atoms with Gasteiger partial charge in [0.05, 0.1) is 5.92 Å². The van der Waals surface area contributed by atoms with Crippen LogP contribution in [0.25, 0.3) is 0 Å². The Morgan fingerprint density at radius 1 is 1.10 bits per heavy atom. The fraction of sp³-hybridized carbons (Fsp3) is 0.188. The zero-order valence-electron chi connectivity index (χ0n) is 11.0. The summed E-state index contributed by atoms with van der Waals surface area (Å²) in [6.07, 6.45) is 0. The van der Waals surface area contributed by atoms with Gasteiger partial charge in [0.1, 0.15) is 12.4 Å². The van der Waals surface area contributed by atoms with Gasteiger partial charge in [-0.2, -0.15) is 0 Å². The molecular weight excluding hydrogens is 257 g/mol. The van der Waals surface area contributed by atoms with Crippen LogP contribution < -0.4 is 5.73 Å². The van der Waals surface area contributed by atoms with Gasteiger partial charge in [0.25, 0.3) is 0 Å². The van der Waals surface area contributed by atoms with Crippen molar-refractivity contribution in [3.63, 3.8) is 0 Å². The van der Waals surface area contributed by atoms with E-state index in [-0.39, 0.29) is 19.0 Å². The van der Waals surface area contributed by atoms with Crippen molar-refractivity contribution in [2.24, 2.45) is 5.73 Å². The first-order valence-electron chi connectivity index (χ1n) is 6.37. The molecule has 0 fully saturated rings. The molecule has 3 nitrogen and oxygen atoms in total. The summed E-state index contributed by atoms with van der Waals surface area (Å²) in [5.74, 6) is -1.35. The zero-order chi connectivity index (χ0) is 14.4. The van der Waals surface area contributed by atoms with Crippen LogP contribution in [0, 0.1) is 5.82 Å². The minimum Gasteiger partial charge on any atom is -0.460 e. The van der Waals surface area contributed by atoms with Gasteiger partial charge in [-0.15, -0.1) is 0 Å². The number of halogens is 1. The Hall–Kier alpha value is -2.20. The van der Waals surface area contributed by atoms with Crippen LogP contribution in [0.1, 0.15) is 17.0 Å². The number of nitrogens with two attached hydrogens (primary N) is 1. The number of carbonyl (C=O) groups is 1. The molecule has 20 heavy (non-hydrogen) atoms. The maximum atomic E-state index is 13.4. The standard InChI is InChI=1S/C16H16FNO2/c17-15-9-5-4-8-13(15)11-20-16(19)14(10-18)12-6-2-1-3-7-12/h1-9,14H,10-11,18H2. The van der Waals surface area contributed by atoms with E-state index >= 15 is 0 Å². The van der Waals surface area contributed by atoms with E-state index in [2.05, 4.69) is 0 Å². The highest BCUT2D eigenvalue weighted by Gasteiger charge is 2.20. The molecule has 0 aliphatic rings. The SMILES string of the molecule is NCC(C(=O)OCc1ccccc1F)c1ccccc1. The number of hydrogen-bond donors (Lipinski definition) is 1. The first-order valence-corrected chi connectivity index (χ1v) is 6.37. The number of esters is 1. The Morgan fingerprint density at radius 2 is 1.75 bits per heavy atom. The van der Waals surface area contributed by atoms with Crippen molar-refractivity contribution in [1.82, 2.24) is 0 Å². The van der Waals surface area contributed by atoms with Crippen LogP contribution in [0.5, 0.6) is 0 Å². The third kappa shape index (κ3) is 3.42. The summed E-state index contributed by atoms with van der Waals surface area (Å²) in [6, 6.07) is 15.4. The second-order valence-corrected chi connectivity index (χ2v) is 4.40. The lowest BCUT2D eigenvalue weighted by Crippen LogP contribution is -2.23. The highest BCUT2D eigenvalue weighted by Crippen LogP contribution is 2.17. The summed E-state index contributed by atoms with van der Waals surface area (Å²) in [6.45, 7) is 0.0644. The minimum atomic E-state index is -0.525. The summed E-state index contributed by atoms with van der Waals surface area (Å²) in [5, 5.41) is 0. The summed E-state index contributed by atoms with van der Waals surface area (Å²) in [4.78, 5) is 12.0. The third-order valence-corrected chi connectivity index (χ3v) is 3.05. The quantitative estimate of drug-likeness (QED) is 0.852. The molecule has 1 atom stereocenters. The minimum absolute atomic E-state index is 0.0885. The summed E-state index contributed by atoms with van der Waals surface area (Å²) in [5.41, 5.74) is 6.78.